The molecule has 0 saturated carbocycles. The summed E-state index contributed by atoms with van der Waals surface area (Å²) in [5, 5.41) is 0. The van der Waals surface area contributed by atoms with E-state index in [2.05, 4.69) is 6.92 Å². The van der Waals surface area contributed by atoms with Gasteiger partial charge in [-0.1, -0.05) is 39.5 Å². The fourth-order valence-corrected chi connectivity index (χ4v) is 3.45. The Bertz CT molecular complexity index is 350. The second kappa shape index (κ2) is 7.12. The van der Waals surface area contributed by atoms with Crippen molar-refractivity contribution < 1.29 is 13.2 Å². The number of unbranched alkanes of at least 4 members (excludes halogenated alkanes) is 3. The van der Waals surface area contributed by atoms with Crippen LogP contribution in [0.4, 0.5) is 0 Å². The van der Waals surface area contributed by atoms with Crippen LogP contribution < -0.4 is 0 Å². The SMILES string of the molecule is CCCCCCC(C)C(=O)N1CCS(=O)(=O)CC1. The second-order valence-electron chi connectivity index (χ2n) is 5.23. The molecule has 1 amide bonds. The smallest absolute Gasteiger partial charge is 0.225 e. The molecule has 0 radical (unpaired) electrons. The minimum Gasteiger partial charge on any atom is -0.340 e. The van der Waals surface area contributed by atoms with Crippen molar-refractivity contribution >= 4 is 15.7 Å². The molecule has 1 unspecified atom stereocenters. The van der Waals surface area contributed by atoms with Gasteiger partial charge >= 0.3 is 0 Å². The lowest BCUT2D eigenvalue weighted by Gasteiger charge is -2.29. The molecular formula is C13H25NO3S. The first-order valence-electron chi connectivity index (χ1n) is 6.95. The molecule has 106 valence electrons. The highest BCUT2D eigenvalue weighted by molar-refractivity contribution is 7.91. The Balaban J connectivity index is 2.31. The van der Waals surface area contributed by atoms with Crippen molar-refractivity contribution in [2.45, 2.75) is 46.0 Å². The molecule has 1 aliphatic heterocycles. The molecular weight excluding hydrogens is 250 g/mol. The molecule has 5 heteroatoms. The summed E-state index contributed by atoms with van der Waals surface area (Å²) in [7, 11) is -2.89. The Labute approximate surface area is 111 Å². The van der Waals surface area contributed by atoms with Crippen LogP contribution in [0.25, 0.3) is 0 Å². The summed E-state index contributed by atoms with van der Waals surface area (Å²) < 4.78 is 22.6. The van der Waals surface area contributed by atoms with Gasteiger partial charge in [-0.3, -0.25) is 4.79 Å². The molecule has 0 aromatic heterocycles. The van der Waals surface area contributed by atoms with Crippen LogP contribution >= 0.6 is 0 Å². The highest BCUT2D eigenvalue weighted by Crippen LogP contribution is 2.15. The van der Waals surface area contributed by atoms with Crippen molar-refractivity contribution in [3.8, 4) is 0 Å². The van der Waals surface area contributed by atoms with Crippen LogP contribution in [0.3, 0.4) is 0 Å². The predicted octanol–water partition coefficient (Wildman–Crippen LogP) is 1.85. The summed E-state index contributed by atoms with van der Waals surface area (Å²) in [5.41, 5.74) is 0. The van der Waals surface area contributed by atoms with Crippen molar-refractivity contribution in [3.05, 3.63) is 0 Å². The molecule has 0 aromatic rings. The lowest BCUT2D eigenvalue weighted by atomic mass is 10.0. The van der Waals surface area contributed by atoms with Gasteiger partial charge in [0, 0.05) is 19.0 Å². The average Bonchev–Trinajstić information content (AvgIpc) is 2.33. The number of carbonyl (C=O) groups is 1. The molecule has 0 aromatic carbocycles. The quantitative estimate of drug-likeness (QED) is 0.695. The minimum atomic E-state index is -2.89. The standard InChI is InChI=1S/C13H25NO3S/c1-3-4-5-6-7-12(2)13(15)14-8-10-18(16,17)11-9-14/h12H,3-11H2,1-2H3. The van der Waals surface area contributed by atoms with E-state index < -0.39 is 9.84 Å². The molecule has 1 atom stereocenters. The average molecular weight is 275 g/mol. The fourth-order valence-electron chi connectivity index (χ4n) is 2.25. The van der Waals surface area contributed by atoms with Crippen LogP contribution in [-0.2, 0) is 14.6 Å². The molecule has 0 bridgehead atoms. The largest absolute Gasteiger partial charge is 0.340 e. The molecule has 4 nitrogen and oxygen atoms in total. The van der Waals surface area contributed by atoms with Crippen LogP contribution in [0.2, 0.25) is 0 Å². The highest BCUT2D eigenvalue weighted by Gasteiger charge is 2.27. The Kier molecular flexibility index (Phi) is 6.12. The molecule has 1 heterocycles. The Morgan fingerprint density at radius 3 is 2.33 bits per heavy atom. The Morgan fingerprint density at radius 1 is 1.17 bits per heavy atom. The van der Waals surface area contributed by atoms with Gasteiger partial charge < -0.3 is 4.90 Å². The third-order valence-corrected chi connectivity index (χ3v) is 5.18. The van der Waals surface area contributed by atoms with Crippen LogP contribution in [0.5, 0.6) is 0 Å². The van der Waals surface area contributed by atoms with E-state index in [1.807, 2.05) is 6.92 Å². The summed E-state index contributed by atoms with van der Waals surface area (Å²) >= 11 is 0. The zero-order chi connectivity index (χ0) is 13.6. The maximum atomic E-state index is 12.1. The summed E-state index contributed by atoms with van der Waals surface area (Å²) in [4.78, 5) is 13.8. The normalized spacial score (nSPS) is 20.7. The topological polar surface area (TPSA) is 54.5 Å². The van der Waals surface area contributed by atoms with E-state index in [-0.39, 0.29) is 23.3 Å². The van der Waals surface area contributed by atoms with E-state index in [0.29, 0.717) is 13.1 Å². The van der Waals surface area contributed by atoms with Crippen LogP contribution in [-0.4, -0.2) is 43.8 Å². The molecule has 0 N–H and O–H groups in total. The maximum absolute atomic E-state index is 12.1. The third-order valence-electron chi connectivity index (χ3n) is 3.57. The van der Waals surface area contributed by atoms with Gasteiger partial charge in [0.15, 0.2) is 9.84 Å². The van der Waals surface area contributed by atoms with E-state index in [9.17, 15) is 13.2 Å². The monoisotopic (exact) mass is 275 g/mol. The molecule has 1 aliphatic rings. The van der Waals surface area contributed by atoms with E-state index >= 15 is 0 Å². The first-order valence-corrected chi connectivity index (χ1v) is 8.77. The van der Waals surface area contributed by atoms with Gasteiger partial charge in [0.25, 0.3) is 0 Å². The van der Waals surface area contributed by atoms with Crippen molar-refractivity contribution in [1.82, 2.24) is 4.90 Å². The number of amides is 1. The minimum absolute atomic E-state index is 0.0302. The van der Waals surface area contributed by atoms with Crippen molar-refractivity contribution in [2.24, 2.45) is 5.92 Å². The maximum Gasteiger partial charge on any atom is 0.225 e. The first kappa shape index (κ1) is 15.5. The van der Waals surface area contributed by atoms with E-state index in [0.717, 1.165) is 12.8 Å². The molecule has 1 saturated heterocycles. The lowest BCUT2D eigenvalue weighted by Crippen LogP contribution is -2.45. The Hall–Kier alpha value is -0.580. The van der Waals surface area contributed by atoms with Gasteiger partial charge in [0.1, 0.15) is 0 Å². The van der Waals surface area contributed by atoms with Crippen LogP contribution in [0, 0.1) is 5.92 Å². The number of nitrogens with zero attached hydrogens (tertiary/aromatic N) is 1. The lowest BCUT2D eigenvalue weighted by molar-refractivity contribution is -0.134. The number of carbonyl (C=O) groups excluding carboxylic acids is 1. The van der Waals surface area contributed by atoms with Crippen LogP contribution in [0.1, 0.15) is 46.0 Å². The van der Waals surface area contributed by atoms with Gasteiger partial charge in [-0.15, -0.1) is 0 Å². The molecule has 0 spiro atoms. The van der Waals surface area contributed by atoms with E-state index in [1.165, 1.54) is 19.3 Å². The van der Waals surface area contributed by atoms with Crippen LogP contribution in [0.15, 0.2) is 0 Å². The van der Waals surface area contributed by atoms with Gasteiger partial charge in [-0.25, -0.2) is 8.42 Å². The zero-order valence-electron chi connectivity index (χ0n) is 11.5. The molecule has 0 aliphatic carbocycles. The number of hydrogen-bond acceptors (Lipinski definition) is 3. The van der Waals surface area contributed by atoms with Gasteiger partial charge in [-0.05, 0) is 6.42 Å². The number of sulfone groups is 1. The van der Waals surface area contributed by atoms with Crippen molar-refractivity contribution in [1.29, 1.82) is 0 Å². The summed E-state index contributed by atoms with van der Waals surface area (Å²) in [6, 6.07) is 0. The van der Waals surface area contributed by atoms with Gasteiger partial charge in [0.2, 0.25) is 5.91 Å². The molecule has 1 fully saturated rings. The first-order chi connectivity index (χ1) is 8.46. The molecule has 18 heavy (non-hydrogen) atoms. The van der Waals surface area contributed by atoms with Gasteiger partial charge in [-0.2, -0.15) is 0 Å². The van der Waals surface area contributed by atoms with E-state index in [1.54, 1.807) is 4.90 Å². The predicted molar refractivity (Wildman–Crippen MR) is 73.2 cm³/mol. The summed E-state index contributed by atoms with van der Waals surface area (Å²) in [5.74, 6) is 0.409. The van der Waals surface area contributed by atoms with Crippen molar-refractivity contribution in [2.75, 3.05) is 24.6 Å². The highest BCUT2D eigenvalue weighted by atomic mass is 32.2. The molecule has 1 rings (SSSR count). The third kappa shape index (κ3) is 4.96. The number of rotatable bonds is 6. The summed E-state index contributed by atoms with van der Waals surface area (Å²) in [6.07, 6.45) is 5.62. The zero-order valence-corrected chi connectivity index (χ0v) is 12.3. The van der Waals surface area contributed by atoms with Gasteiger partial charge in [0.05, 0.1) is 11.5 Å². The second-order valence-corrected chi connectivity index (χ2v) is 7.53. The summed E-state index contributed by atoms with van der Waals surface area (Å²) in [6.45, 7) is 4.88. The Morgan fingerprint density at radius 2 is 1.78 bits per heavy atom. The number of hydrogen-bond donors (Lipinski definition) is 0. The van der Waals surface area contributed by atoms with Crippen molar-refractivity contribution in [3.63, 3.8) is 0 Å². The van der Waals surface area contributed by atoms with E-state index in [4.69, 9.17) is 0 Å². The fraction of sp³-hybridized carbons (Fsp3) is 0.923.